The van der Waals surface area contributed by atoms with E-state index in [1.807, 2.05) is 0 Å². The molecule has 24 heavy (non-hydrogen) atoms. The van der Waals surface area contributed by atoms with Crippen LogP contribution in [-0.4, -0.2) is 28.9 Å². The van der Waals surface area contributed by atoms with Crippen molar-refractivity contribution in [3.8, 4) is 0 Å². The van der Waals surface area contributed by atoms with Crippen LogP contribution >= 0.6 is 0 Å². The molecule has 1 aromatic rings. The lowest BCUT2D eigenvalue weighted by atomic mass is 9.88. The molecule has 2 rings (SSSR count). The number of anilines is 1. The molecule has 1 fully saturated rings. The summed E-state index contributed by atoms with van der Waals surface area (Å²) in [5.74, 6) is -1.26. The fraction of sp³-hybridized carbons (Fsp3) is 0.500. The summed E-state index contributed by atoms with van der Waals surface area (Å²) in [6.45, 7) is 1.64. The van der Waals surface area contributed by atoms with E-state index in [4.69, 9.17) is 5.11 Å². The minimum atomic E-state index is -0.962. The molecule has 0 saturated heterocycles. The van der Waals surface area contributed by atoms with Gasteiger partial charge in [0.05, 0.1) is 6.42 Å². The number of aliphatic carboxylic acids is 1. The van der Waals surface area contributed by atoms with Crippen LogP contribution in [0.3, 0.4) is 0 Å². The Balaban J connectivity index is 1.96. The standard InChI is InChI=1S/C18H24N2O4/c1-12(10-16(21)22)19-18(24)14-8-5-9-15(11-14)20-17(23)13-6-3-2-4-7-13/h5,8-9,11-13H,2-4,6-7,10H2,1H3,(H,19,24)(H,20,23)(H,21,22). The van der Waals surface area contributed by atoms with Crippen LogP contribution < -0.4 is 10.6 Å². The maximum absolute atomic E-state index is 12.3. The van der Waals surface area contributed by atoms with Gasteiger partial charge in [0, 0.05) is 23.2 Å². The van der Waals surface area contributed by atoms with Crippen LogP contribution in [0.4, 0.5) is 5.69 Å². The van der Waals surface area contributed by atoms with Gasteiger partial charge >= 0.3 is 5.97 Å². The molecule has 1 aliphatic rings. The van der Waals surface area contributed by atoms with Gasteiger partial charge in [-0.15, -0.1) is 0 Å². The highest BCUT2D eigenvalue weighted by Gasteiger charge is 2.21. The van der Waals surface area contributed by atoms with Crippen molar-refractivity contribution in [1.29, 1.82) is 0 Å². The Morgan fingerprint density at radius 2 is 1.92 bits per heavy atom. The molecule has 2 amide bonds. The Kier molecular flexibility index (Phi) is 6.35. The van der Waals surface area contributed by atoms with E-state index in [0.717, 1.165) is 25.7 Å². The van der Waals surface area contributed by atoms with Gasteiger partial charge in [-0.2, -0.15) is 0 Å². The molecular weight excluding hydrogens is 308 g/mol. The quantitative estimate of drug-likeness (QED) is 0.746. The normalized spacial score (nSPS) is 16.2. The molecular formula is C18H24N2O4. The van der Waals surface area contributed by atoms with E-state index < -0.39 is 12.0 Å². The van der Waals surface area contributed by atoms with E-state index >= 15 is 0 Å². The number of hydrogen-bond donors (Lipinski definition) is 3. The molecule has 1 atom stereocenters. The van der Waals surface area contributed by atoms with Gasteiger partial charge in [0.15, 0.2) is 0 Å². The van der Waals surface area contributed by atoms with Gasteiger partial charge in [-0.05, 0) is 38.0 Å². The van der Waals surface area contributed by atoms with Crippen molar-refractivity contribution in [3.05, 3.63) is 29.8 Å². The molecule has 6 nitrogen and oxygen atoms in total. The summed E-state index contributed by atoms with van der Waals surface area (Å²) in [7, 11) is 0. The Labute approximate surface area is 141 Å². The Morgan fingerprint density at radius 1 is 1.21 bits per heavy atom. The topological polar surface area (TPSA) is 95.5 Å². The number of amides is 2. The summed E-state index contributed by atoms with van der Waals surface area (Å²) in [6, 6.07) is 6.24. The second-order valence-electron chi connectivity index (χ2n) is 6.38. The second kappa shape index (κ2) is 8.47. The molecule has 0 aliphatic heterocycles. The Bertz CT molecular complexity index is 609. The molecule has 1 unspecified atom stereocenters. The zero-order valence-corrected chi connectivity index (χ0v) is 13.9. The first-order valence-corrected chi connectivity index (χ1v) is 8.39. The SMILES string of the molecule is CC(CC(=O)O)NC(=O)c1cccc(NC(=O)C2CCCCC2)c1. The zero-order chi connectivity index (χ0) is 17.5. The highest BCUT2D eigenvalue weighted by molar-refractivity contribution is 5.97. The van der Waals surface area contributed by atoms with Gasteiger partial charge in [-0.25, -0.2) is 0 Å². The van der Waals surface area contributed by atoms with E-state index in [1.165, 1.54) is 6.42 Å². The average Bonchev–Trinajstić information content (AvgIpc) is 2.55. The molecule has 0 spiro atoms. The number of benzene rings is 1. The highest BCUT2D eigenvalue weighted by atomic mass is 16.4. The third kappa shape index (κ3) is 5.37. The van der Waals surface area contributed by atoms with Gasteiger partial charge < -0.3 is 15.7 Å². The summed E-state index contributed by atoms with van der Waals surface area (Å²) < 4.78 is 0. The second-order valence-corrected chi connectivity index (χ2v) is 6.38. The molecule has 130 valence electrons. The molecule has 0 aromatic heterocycles. The van der Waals surface area contributed by atoms with E-state index in [9.17, 15) is 14.4 Å². The maximum Gasteiger partial charge on any atom is 0.305 e. The van der Waals surface area contributed by atoms with Crippen molar-refractivity contribution in [1.82, 2.24) is 5.32 Å². The first kappa shape index (κ1) is 18.0. The van der Waals surface area contributed by atoms with E-state index in [1.54, 1.807) is 31.2 Å². The first-order chi connectivity index (χ1) is 11.5. The van der Waals surface area contributed by atoms with Gasteiger partial charge in [0.25, 0.3) is 5.91 Å². The largest absolute Gasteiger partial charge is 0.481 e. The maximum atomic E-state index is 12.3. The van der Waals surface area contributed by atoms with Gasteiger partial charge in [0.2, 0.25) is 5.91 Å². The predicted octanol–water partition coefficient (Wildman–Crippen LogP) is 2.80. The van der Waals surface area contributed by atoms with Crippen molar-refractivity contribution >= 4 is 23.5 Å². The summed E-state index contributed by atoms with van der Waals surface area (Å²) >= 11 is 0. The lowest BCUT2D eigenvalue weighted by Gasteiger charge is -2.21. The van der Waals surface area contributed by atoms with Crippen molar-refractivity contribution in [2.45, 2.75) is 51.5 Å². The van der Waals surface area contributed by atoms with Crippen molar-refractivity contribution in [2.75, 3.05) is 5.32 Å². The van der Waals surface area contributed by atoms with Crippen LogP contribution in [0.5, 0.6) is 0 Å². The monoisotopic (exact) mass is 332 g/mol. The average molecular weight is 332 g/mol. The number of rotatable bonds is 6. The van der Waals surface area contributed by atoms with E-state index in [-0.39, 0.29) is 24.2 Å². The zero-order valence-electron chi connectivity index (χ0n) is 13.9. The van der Waals surface area contributed by atoms with E-state index in [2.05, 4.69) is 10.6 Å². The predicted molar refractivity (Wildman–Crippen MR) is 90.8 cm³/mol. The van der Waals surface area contributed by atoms with Crippen molar-refractivity contribution < 1.29 is 19.5 Å². The number of carbonyl (C=O) groups is 3. The molecule has 6 heteroatoms. The third-order valence-corrected chi connectivity index (χ3v) is 4.23. The molecule has 0 bridgehead atoms. The Morgan fingerprint density at radius 3 is 2.58 bits per heavy atom. The number of nitrogens with one attached hydrogen (secondary N) is 2. The molecule has 0 heterocycles. The third-order valence-electron chi connectivity index (χ3n) is 4.23. The lowest BCUT2D eigenvalue weighted by Crippen LogP contribution is -2.34. The van der Waals surface area contributed by atoms with Crippen LogP contribution in [0.2, 0.25) is 0 Å². The summed E-state index contributed by atoms with van der Waals surface area (Å²) in [5.41, 5.74) is 0.984. The van der Waals surface area contributed by atoms with E-state index in [0.29, 0.717) is 11.3 Å². The lowest BCUT2D eigenvalue weighted by molar-refractivity contribution is -0.137. The van der Waals surface area contributed by atoms with Crippen LogP contribution in [0.15, 0.2) is 24.3 Å². The number of carboxylic acid groups (broad SMARTS) is 1. The Hall–Kier alpha value is -2.37. The highest BCUT2D eigenvalue weighted by Crippen LogP contribution is 2.25. The van der Waals surface area contributed by atoms with Crippen molar-refractivity contribution in [2.24, 2.45) is 5.92 Å². The molecule has 1 saturated carbocycles. The number of hydrogen-bond acceptors (Lipinski definition) is 3. The summed E-state index contributed by atoms with van der Waals surface area (Å²) in [4.78, 5) is 35.1. The van der Waals surface area contributed by atoms with Crippen LogP contribution in [-0.2, 0) is 9.59 Å². The van der Waals surface area contributed by atoms with Crippen molar-refractivity contribution in [3.63, 3.8) is 0 Å². The van der Waals surface area contributed by atoms with Gasteiger partial charge in [-0.1, -0.05) is 25.3 Å². The fourth-order valence-corrected chi connectivity index (χ4v) is 2.97. The smallest absolute Gasteiger partial charge is 0.305 e. The minimum absolute atomic E-state index is 0.00602. The molecule has 1 aliphatic carbocycles. The minimum Gasteiger partial charge on any atom is -0.481 e. The summed E-state index contributed by atoms with van der Waals surface area (Å²) in [6.07, 6.45) is 5.05. The van der Waals surface area contributed by atoms with Gasteiger partial charge in [-0.3, -0.25) is 14.4 Å². The summed E-state index contributed by atoms with van der Waals surface area (Å²) in [5, 5.41) is 14.3. The molecule has 3 N–H and O–H groups in total. The van der Waals surface area contributed by atoms with Crippen LogP contribution in [0, 0.1) is 5.92 Å². The van der Waals surface area contributed by atoms with Gasteiger partial charge in [0.1, 0.15) is 0 Å². The van der Waals surface area contributed by atoms with Crippen LogP contribution in [0.25, 0.3) is 0 Å². The molecule has 1 aromatic carbocycles. The molecule has 0 radical (unpaired) electrons. The van der Waals surface area contributed by atoms with Crippen LogP contribution in [0.1, 0.15) is 55.8 Å². The number of carboxylic acids is 1. The fourth-order valence-electron chi connectivity index (χ4n) is 2.97. The number of carbonyl (C=O) groups excluding carboxylic acids is 2. The first-order valence-electron chi connectivity index (χ1n) is 8.39.